The first-order chi connectivity index (χ1) is 3.81. The van der Waals surface area contributed by atoms with Gasteiger partial charge in [-0.3, -0.25) is 0 Å². The van der Waals surface area contributed by atoms with Crippen molar-refractivity contribution in [2.75, 3.05) is 13.7 Å². The van der Waals surface area contributed by atoms with Crippen LogP contribution in [0.3, 0.4) is 0 Å². The maximum absolute atomic E-state index is 10.1. The van der Waals surface area contributed by atoms with E-state index in [4.69, 9.17) is 0 Å². The van der Waals surface area contributed by atoms with Crippen LogP contribution in [0.1, 0.15) is 13.3 Å². The van der Waals surface area contributed by atoms with E-state index in [1.165, 1.54) is 7.11 Å². The molecule has 3 heteroatoms. The Kier molecular flexibility index (Phi) is 4.03. The van der Waals surface area contributed by atoms with Crippen molar-refractivity contribution in [3.05, 3.63) is 0 Å². The van der Waals surface area contributed by atoms with Crippen molar-refractivity contribution in [1.29, 1.82) is 0 Å². The fourth-order valence-corrected chi connectivity index (χ4v) is 0.244. The molecule has 3 nitrogen and oxygen atoms in total. The Morgan fingerprint density at radius 2 is 2.25 bits per heavy atom. The monoisotopic (exact) mass is 118 g/mol. The minimum Gasteiger partial charge on any atom is -0.438 e. The number of carbonyl (C=O) groups excluding carboxylic acids is 1. The van der Waals surface area contributed by atoms with Crippen molar-refractivity contribution in [1.82, 2.24) is 0 Å². The van der Waals surface area contributed by atoms with E-state index in [-0.39, 0.29) is 0 Å². The Bertz CT molecular complexity index is 70.1. The Hall–Kier alpha value is -0.730. The quantitative estimate of drug-likeness (QED) is 0.511. The molecule has 0 amide bonds. The van der Waals surface area contributed by atoms with E-state index < -0.39 is 6.16 Å². The summed E-state index contributed by atoms with van der Waals surface area (Å²) in [5, 5.41) is 0. The SMILES string of the molecule is CCCOC(=O)OC. The summed E-state index contributed by atoms with van der Waals surface area (Å²) in [6.45, 7) is 2.36. The lowest BCUT2D eigenvalue weighted by Gasteiger charge is -1.97. The molecule has 48 valence electrons. The molecule has 0 radical (unpaired) electrons. The summed E-state index contributed by atoms with van der Waals surface area (Å²) in [5.74, 6) is 0. The second kappa shape index (κ2) is 4.43. The van der Waals surface area contributed by atoms with Gasteiger partial charge in [-0.05, 0) is 6.42 Å². The van der Waals surface area contributed by atoms with Crippen molar-refractivity contribution < 1.29 is 14.3 Å². The number of carbonyl (C=O) groups is 1. The van der Waals surface area contributed by atoms with E-state index in [0.29, 0.717) is 6.61 Å². The lowest BCUT2D eigenvalue weighted by atomic mass is 10.5. The second-order valence-corrected chi connectivity index (χ2v) is 1.30. The smallest absolute Gasteiger partial charge is 0.438 e. The van der Waals surface area contributed by atoms with E-state index >= 15 is 0 Å². The normalized spacial score (nSPS) is 8.25. The van der Waals surface area contributed by atoms with Gasteiger partial charge in [-0.15, -0.1) is 0 Å². The minimum absolute atomic E-state index is 0.437. The van der Waals surface area contributed by atoms with Gasteiger partial charge in [0.15, 0.2) is 0 Å². The summed E-state index contributed by atoms with van der Waals surface area (Å²) in [4.78, 5) is 10.1. The van der Waals surface area contributed by atoms with Gasteiger partial charge in [-0.25, -0.2) is 4.79 Å². The standard InChI is InChI=1S/C5H10O3/c1-3-4-8-5(6)7-2/h3-4H2,1-2H3. The van der Waals surface area contributed by atoms with Crippen LogP contribution in [-0.2, 0) is 9.47 Å². The zero-order valence-corrected chi connectivity index (χ0v) is 5.14. The number of rotatable bonds is 2. The third-order valence-corrected chi connectivity index (χ3v) is 0.591. The molecule has 0 spiro atoms. The molecule has 0 saturated heterocycles. The van der Waals surface area contributed by atoms with Gasteiger partial charge in [0.1, 0.15) is 0 Å². The fourth-order valence-electron chi connectivity index (χ4n) is 0.244. The summed E-state index contributed by atoms with van der Waals surface area (Å²) < 4.78 is 8.67. The van der Waals surface area contributed by atoms with Crippen molar-refractivity contribution in [2.45, 2.75) is 13.3 Å². The highest BCUT2D eigenvalue weighted by molar-refractivity contribution is 5.59. The zero-order valence-electron chi connectivity index (χ0n) is 5.14. The lowest BCUT2D eigenvalue weighted by molar-refractivity contribution is 0.0728. The topological polar surface area (TPSA) is 35.5 Å². The van der Waals surface area contributed by atoms with E-state index in [0.717, 1.165) is 6.42 Å². The Labute approximate surface area is 48.6 Å². The molecule has 0 aromatic heterocycles. The number of methoxy groups -OCH3 is 1. The highest BCUT2D eigenvalue weighted by Gasteiger charge is 1.95. The molecule has 0 bridgehead atoms. The van der Waals surface area contributed by atoms with Gasteiger partial charge in [0.2, 0.25) is 0 Å². The predicted octanol–water partition coefficient (Wildman–Crippen LogP) is 1.18. The largest absolute Gasteiger partial charge is 0.507 e. The lowest BCUT2D eigenvalue weighted by Crippen LogP contribution is -2.03. The maximum Gasteiger partial charge on any atom is 0.507 e. The van der Waals surface area contributed by atoms with Crippen LogP contribution in [0.25, 0.3) is 0 Å². The van der Waals surface area contributed by atoms with Crippen LogP contribution in [0.5, 0.6) is 0 Å². The van der Waals surface area contributed by atoms with Crippen molar-refractivity contribution in [3.8, 4) is 0 Å². The van der Waals surface area contributed by atoms with Crippen LogP contribution in [0, 0.1) is 0 Å². The maximum atomic E-state index is 10.1. The van der Waals surface area contributed by atoms with Gasteiger partial charge in [0.05, 0.1) is 13.7 Å². The van der Waals surface area contributed by atoms with Gasteiger partial charge in [-0.2, -0.15) is 0 Å². The minimum atomic E-state index is -0.605. The highest BCUT2D eigenvalue weighted by atomic mass is 16.7. The van der Waals surface area contributed by atoms with Gasteiger partial charge < -0.3 is 9.47 Å². The summed E-state index contributed by atoms with van der Waals surface area (Å²) in [5.41, 5.74) is 0. The number of hydrogen-bond donors (Lipinski definition) is 0. The molecular formula is C5H10O3. The average molecular weight is 118 g/mol. The van der Waals surface area contributed by atoms with Crippen LogP contribution in [0.4, 0.5) is 4.79 Å². The molecule has 0 aliphatic rings. The molecule has 0 atom stereocenters. The van der Waals surface area contributed by atoms with Crippen LogP contribution < -0.4 is 0 Å². The average Bonchev–Trinajstić information content (AvgIpc) is 1.83. The summed E-state index contributed by atoms with van der Waals surface area (Å²) >= 11 is 0. The second-order valence-electron chi connectivity index (χ2n) is 1.30. The molecule has 0 unspecified atom stereocenters. The van der Waals surface area contributed by atoms with Crippen LogP contribution in [0.2, 0.25) is 0 Å². The van der Waals surface area contributed by atoms with Crippen LogP contribution >= 0.6 is 0 Å². The van der Waals surface area contributed by atoms with Crippen molar-refractivity contribution >= 4 is 6.16 Å². The van der Waals surface area contributed by atoms with Crippen molar-refractivity contribution in [3.63, 3.8) is 0 Å². The third-order valence-electron chi connectivity index (χ3n) is 0.591. The molecule has 0 N–H and O–H groups in total. The summed E-state index contributed by atoms with van der Waals surface area (Å²) in [6.07, 6.45) is 0.224. The third kappa shape index (κ3) is 3.46. The summed E-state index contributed by atoms with van der Waals surface area (Å²) in [6, 6.07) is 0. The van der Waals surface area contributed by atoms with E-state index in [2.05, 4.69) is 9.47 Å². The van der Waals surface area contributed by atoms with Gasteiger partial charge in [-0.1, -0.05) is 6.92 Å². The van der Waals surface area contributed by atoms with E-state index in [1.807, 2.05) is 6.92 Å². The molecule has 8 heavy (non-hydrogen) atoms. The first-order valence-corrected chi connectivity index (χ1v) is 2.52. The molecule has 0 fully saturated rings. The molecule has 0 heterocycles. The molecule has 0 rings (SSSR count). The molecule has 0 aromatic carbocycles. The Balaban J connectivity index is 2.99. The van der Waals surface area contributed by atoms with Crippen LogP contribution in [-0.4, -0.2) is 19.9 Å². The van der Waals surface area contributed by atoms with Crippen LogP contribution in [0.15, 0.2) is 0 Å². The highest BCUT2D eigenvalue weighted by Crippen LogP contribution is 1.83. The van der Waals surface area contributed by atoms with E-state index in [1.54, 1.807) is 0 Å². The van der Waals surface area contributed by atoms with Gasteiger partial charge in [0, 0.05) is 0 Å². The molecule has 0 saturated carbocycles. The van der Waals surface area contributed by atoms with Gasteiger partial charge >= 0.3 is 6.16 Å². The Morgan fingerprint density at radius 3 is 2.62 bits per heavy atom. The van der Waals surface area contributed by atoms with E-state index in [9.17, 15) is 4.79 Å². The van der Waals surface area contributed by atoms with Gasteiger partial charge in [0.25, 0.3) is 0 Å². The van der Waals surface area contributed by atoms with Crippen molar-refractivity contribution in [2.24, 2.45) is 0 Å². The first kappa shape index (κ1) is 7.27. The zero-order chi connectivity index (χ0) is 6.41. The summed E-state index contributed by atoms with van der Waals surface area (Å²) in [7, 11) is 1.29. The number of hydrogen-bond acceptors (Lipinski definition) is 3. The predicted molar refractivity (Wildman–Crippen MR) is 28.6 cm³/mol. The molecule has 0 aliphatic carbocycles. The number of ether oxygens (including phenoxy) is 2. The Morgan fingerprint density at radius 1 is 1.62 bits per heavy atom. The molecule has 0 aliphatic heterocycles. The fraction of sp³-hybridized carbons (Fsp3) is 0.800. The molecular weight excluding hydrogens is 108 g/mol. The molecule has 0 aromatic rings. The first-order valence-electron chi connectivity index (χ1n) is 2.52.